The van der Waals surface area contributed by atoms with Gasteiger partial charge in [-0.15, -0.1) is 0 Å². The van der Waals surface area contributed by atoms with E-state index in [0.717, 1.165) is 11.8 Å². The summed E-state index contributed by atoms with van der Waals surface area (Å²) in [6, 6.07) is 2.16. The Morgan fingerprint density at radius 3 is 2.18 bits per heavy atom. The lowest BCUT2D eigenvalue weighted by molar-refractivity contribution is 0.233. The summed E-state index contributed by atoms with van der Waals surface area (Å²) in [4.78, 5) is 0. The minimum absolute atomic E-state index is 0.132. The molecule has 0 aromatic heterocycles. The number of hydrogen-bond donors (Lipinski definition) is 0. The van der Waals surface area contributed by atoms with Crippen LogP contribution in [-0.4, -0.2) is 21.9 Å². The minimum atomic E-state index is -3.39. The highest BCUT2D eigenvalue weighted by Crippen LogP contribution is 2.55. The first-order valence-corrected chi connectivity index (χ1v) is 8.18. The van der Waals surface area contributed by atoms with Gasteiger partial charge in [-0.2, -0.15) is 5.26 Å². The predicted octanol–water partition coefficient (Wildman–Crippen LogP) is 3.96. The molecule has 0 spiro atoms. The number of thiocarbonyl (C=S) groups is 1. The lowest BCUT2D eigenvalue weighted by Gasteiger charge is -2.23. The van der Waals surface area contributed by atoms with E-state index in [1.54, 1.807) is 20.8 Å². The molecule has 0 radical (unpaired) electrons. The van der Waals surface area contributed by atoms with Gasteiger partial charge in [-0.05, 0) is 27.2 Å². The molecular weight excluding hydrogens is 277 g/mol. The molecule has 0 saturated heterocycles. The molecule has 0 N–H and O–H groups in total. The van der Waals surface area contributed by atoms with Gasteiger partial charge in [-0.3, -0.25) is 4.57 Å². The van der Waals surface area contributed by atoms with E-state index in [-0.39, 0.29) is 17.2 Å². The summed E-state index contributed by atoms with van der Waals surface area (Å²) in [6.45, 7) is 7.60. The van der Waals surface area contributed by atoms with Crippen molar-refractivity contribution in [1.29, 1.82) is 5.26 Å². The fraction of sp³-hybridized carbons (Fsp3) is 0.800. The summed E-state index contributed by atoms with van der Waals surface area (Å²) in [5.41, 5.74) is 0. The molecule has 0 heterocycles. The number of thioether (sulfide) groups is 1. The topological polar surface area (TPSA) is 59.3 Å². The van der Waals surface area contributed by atoms with E-state index in [0.29, 0.717) is 6.42 Å². The summed E-state index contributed by atoms with van der Waals surface area (Å²) < 4.78 is 22.0. The van der Waals surface area contributed by atoms with Crippen molar-refractivity contribution in [1.82, 2.24) is 0 Å². The average molecular weight is 295 g/mol. The van der Waals surface area contributed by atoms with Crippen molar-refractivity contribution in [3.8, 4) is 6.07 Å². The van der Waals surface area contributed by atoms with Gasteiger partial charge < -0.3 is 9.05 Å². The highest BCUT2D eigenvalue weighted by molar-refractivity contribution is 8.36. The first-order valence-electron chi connectivity index (χ1n) is 5.41. The standard InChI is InChI=1S/C10H18NO3PS2/c1-5-10(4,8-11)17-9(16)15(12,13-6-2)14-7-3/h5-7H2,1-4H3. The summed E-state index contributed by atoms with van der Waals surface area (Å²) in [5.74, 6) is 0. The number of rotatable bonds is 7. The van der Waals surface area contributed by atoms with Crippen molar-refractivity contribution in [2.24, 2.45) is 0 Å². The van der Waals surface area contributed by atoms with E-state index in [1.807, 2.05) is 6.92 Å². The first-order chi connectivity index (χ1) is 7.87. The SMILES string of the molecule is CCOP(=O)(OCC)C(=S)SC(C)(C#N)CC. The van der Waals surface area contributed by atoms with Crippen LogP contribution in [0.5, 0.6) is 0 Å². The van der Waals surface area contributed by atoms with E-state index in [4.69, 9.17) is 26.5 Å². The first kappa shape index (κ1) is 17.1. The molecule has 0 fully saturated rings. The molecule has 1 atom stereocenters. The largest absolute Gasteiger partial charge is 0.378 e. The zero-order valence-corrected chi connectivity index (χ0v) is 13.1. The second-order valence-electron chi connectivity index (χ2n) is 3.40. The van der Waals surface area contributed by atoms with Crippen molar-refractivity contribution in [2.75, 3.05) is 13.2 Å². The van der Waals surface area contributed by atoms with E-state index < -0.39 is 12.3 Å². The molecule has 0 aromatic carbocycles. The van der Waals surface area contributed by atoms with E-state index in [1.165, 1.54) is 0 Å². The lowest BCUT2D eigenvalue weighted by atomic mass is 10.1. The molecule has 0 aliphatic carbocycles. The monoisotopic (exact) mass is 295 g/mol. The van der Waals surface area contributed by atoms with Crippen LogP contribution in [0.2, 0.25) is 0 Å². The molecule has 98 valence electrons. The van der Waals surface area contributed by atoms with Crippen molar-refractivity contribution in [3.63, 3.8) is 0 Å². The molecule has 0 aromatic rings. The Bertz CT molecular complexity index is 346. The number of nitrogens with zero attached hydrogens (tertiary/aromatic N) is 1. The van der Waals surface area contributed by atoms with Crippen LogP contribution in [0.1, 0.15) is 34.1 Å². The molecule has 4 nitrogen and oxygen atoms in total. The number of hydrogen-bond acceptors (Lipinski definition) is 6. The number of nitriles is 1. The average Bonchev–Trinajstić information content (AvgIpc) is 2.29. The second-order valence-corrected chi connectivity index (χ2v) is 8.14. The van der Waals surface area contributed by atoms with Crippen molar-refractivity contribution < 1.29 is 13.6 Å². The molecular formula is C10H18NO3PS2. The van der Waals surface area contributed by atoms with E-state index in [2.05, 4.69) is 6.07 Å². The molecule has 1 unspecified atom stereocenters. The van der Waals surface area contributed by atoms with Crippen LogP contribution in [0.3, 0.4) is 0 Å². The Labute approximate surface area is 113 Å². The van der Waals surface area contributed by atoms with Gasteiger partial charge in [0.1, 0.15) is 4.75 Å². The van der Waals surface area contributed by atoms with Crippen molar-refractivity contribution in [2.45, 2.75) is 38.9 Å². The van der Waals surface area contributed by atoms with Gasteiger partial charge in [0.25, 0.3) is 0 Å². The molecule has 0 amide bonds. The Hall–Kier alpha value is 0.0800. The van der Waals surface area contributed by atoms with Crippen LogP contribution in [-0.2, 0) is 13.6 Å². The molecule has 0 bridgehead atoms. The van der Waals surface area contributed by atoms with Crippen LogP contribution in [0.4, 0.5) is 0 Å². The van der Waals surface area contributed by atoms with Crippen molar-refractivity contribution in [3.05, 3.63) is 0 Å². The van der Waals surface area contributed by atoms with E-state index >= 15 is 0 Å². The van der Waals surface area contributed by atoms with E-state index in [9.17, 15) is 4.57 Å². The smallest absolute Gasteiger partial charge is 0.305 e. The van der Waals surface area contributed by atoms with Gasteiger partial charge in [-0.25, -0.2) is 0 Å². The Kier molecular flexibility index (Phi) is 7.54. The quantitative estimate of drug-likeness (QED) is 0.523. The molecule has 0 saturated carbocycles. The minimum Gasteiger partial charge on any atom is -0.305 e. The zero-order valence-electron chi connectivity index (χ0n) is 10.6. The molecule has 0 aliphatic rings. The maximum absolute atomic E-state index is 12.3. The van der Waals surface area contributed by atoms with Gasteiger partial charge in [0, 0.05) is 0 Å². The summed E-state index contributed by atoms with van der Waals surface area (Å²) in [6.07, 6.45) is 0.604. The fourth-order valence-corrected chi connectivity index (χ4v) is 4.68. The zero-order chi connectivity index (χ0) is 13.5. The van der Waals surface area contributed by atoms with Crippen LogP contribution in [0, 0.1) is 11.3 Å². The summed E-state index contributed by atoms with van der Waals surface area (Å²) in [5, 5.41) is 9.06. The summed E-state index contributed by atoms with van der Waals surface area (Å²) >= 11 is 6.19. The Morgan fingerprint density at radius 2 is 1.88 bits per heavy atom. The van der Waals surface area contributed by atoms with Gasteiger partial charge in [-0.1, -0.05) is 30.9 Å². The third kappa shape index (κ3) is 5.07. The fourth-order valence-electron chi connectivity index (χ4n) is 0.905. The van der Waals surface area contributed by atoms with Crippen LogP contribution >= 0.6 is 31.6 Å². The molecule has 0 rings (SSSR count). The van der Waals surface area contributed by atoms with Crippen LogP contribution in [0.15, 0.2) is 0 Å². The summed E-state index contributed by atoms with van der Waals surface area (Å²) in [7, 11) is -3.39. The van der Waals surface area contributed by atoms with Crippen LogP contribution < -0.4 is 0 Å². The van der Waals surface area contributed by atoms with Gasteiger partial charge in [0.05, 0.1) is 19.3 Å². The highest BCUT2D eigenvalue weighted by Gasteiger charge is 2.36. The van der Waals surface area contributed by atoms with Gasteiger partial charge >= 0.3 is 7.60 Å². The Morgan fingerprint density at radius 1 is 1.41 bits per heavy atom. The maximum atomic E-state index is 12.3. The third-order valence-corrected chi connectivity index (χ3v) is 6.56. The van der Waals surface area contributed by atoms with Crippen molar-refractivity contribution >= 4 is 35.5 Å². The maximum Gasteiger partial charge on any atom is 0.378 e. The van der Waals surface area contributed by atoms with Crippen LogP contribution in [0.25, 0.3) is 0 Å². The predicted molar refractivity (Wildman–Crippen MR) is 75.4 cm³/mol. The lowest BCUT2D eigenvalue weighted by Crippen LogP contribution is -2.18. The Balaban J connectivity index is 4.88. The normalized spacial score (nSPS) is 15.0. The highest BCUT2D eigenvalue weighted by atomic mass is 32.2. The van der Waals surface area contributed by atoms with Gasteiger partial charge in [0.2, 0.25) is 0 Å². The van der Waals surface area contributed by atoms with Gasteiger partial charge in [0.15, 0.2) is 3.94 Å². The molecule has 17 heavy (non-hydrogen) atoms. The third-order valence-electron chi connectivity index (χ3n) is 2.05. The second kappa shape index (κ2) is 7.50. The molecule has 0 aliphatic heterocycles. The molecule has 7 heteroatoms.